The summed E-state index contributed by atoms with van der Waals surface area (Å²) in [5.74, 6) is -6.36. The average Bonchev–Trinajstić information content (AvgIpc) is 3.00. The molecule has 0 aliphatic carbocycles. The molecule has 4 aliphatic rings. The van der Waals surface area contributed by atoms with Gasteiger partial charge in [-0.2, -0.15) is 0 Å². The zero-order valence-corrected chi connectivity index (χ0v) is 46.4. The summed E-state index contributed by atoms with van der Waals surface area (Å²) < 4.78 is 95.3. The van der Waals surface area contributed by atoms with Crippen LogP contribution in [0.4, 0.5) is 0 Å². The van der Waals surface area contributed by atoms with Crippen LogP contribution < -0.4 is 0 Å². The van der Waals surface area contributed by atoms with E-state index >= 15 is 0 Å². The molecule has 440 valence electrons. The van der Waals surface area contributed by atoms with Crippen molar-refractivity contribution < 1.29 is 105 Å². The third kappa shape index (κ3) is 16.4. The van der Waals surface area contributed by atoms with Crippen LogP contribution >= 0.6 is 0 Å². The number of Topliss-reactive ketones (excluding diaryl/α,β-unsaturated/α-hetero) is 1. The fraction of sp³-hybridized carbons (Fsp3) is 0.483. The molecular formula is C60H68O22. The van der Waals surface area contributed by atoms with Crippen LogP contribution in [0.3, 0.4) is 0 Å². The molecule has 4 saturated heterocycles. The van der Waals surface area contributed by atoms with Gasteiger partial charge < -0.3 is 75.8 Å². The number of esters is 6. The molecule has 0 N–H and O–H groups in total. The van der Waals surface area contributed by atoms with Gasteiger partial charge in [0.05, 0.1) is 43.5 Å². The number of hydrogen-bond donors (Lipinski definition) is 0. The minimum Gasteiger partial charge on any atom is -0.463 e. The Morgan fingerprint density at radius 3 is 1.51 bits per heavy atom. The Kier molecular flexibility index (Phi) is 21.1. The van der Waals surface area contributed by atoms with Gasteiger partial charge in [-0.25, -0.2) is 9.59 Å². The number of hydrogen-bond acceptors (Lipinski definition) is 22. The highest BCUT2D eigenvalue weighted by Gasteiger charge is 2.61. The highest BCUT2D eigenvalue weighted by molar-refractivity contribution is 5.90. The summed E-state index contributed by atoms with van der Waals surface area (Å²) >= 11 is 0. The van der Waals surface area contributed by atoms with E-state index in [1.165, 1.54) is 52.0 Å². The third-order valence-corrected chi connectivity index (χ3v) is 13.5. The van der Waals surface area contributed by atoms with Crippen LogP contribution in [-0.4, -0.2) is 153 Å². The van der Waals surface area contributed by atoms with E-state index in [0.29, 0.717) is 11.1 Å². The lowest BCUT2D eigenvalue weighted by atomic mass is 9.96. The zero-order chi connectivity index (χ0) is 58.5. The van der Waals surface area contributed by atoms with Gasteiger partial charge in [0, 0.05) is 27.2 Å². The van der Waals surface area contributed by atoms with Crippen molar-refractivity contribution in [1.82, 2.24) is 0 Å². The molecule has 22 nitrogen and oxygen atoms in total. The predicted molar refractivity (Wildman–Crippen MR) is 281 cm³/mol. The highest BCUT2D eigenvalue weighted by atomic mass is 16.8. The Balaban J connectivity index is 1.26. The van der Waals surface area contributed by atoms with Crippen molar-refractivity contribution in [3.63, 3.8) is 0 Å². The van der Waals surface area contributed by atoms with Gasteiger partial charge in [-0.15, -0.1) is 0 Å². The minimum atomic E-state index is -1.76. The Morgan fingerprint density at radius 1 is 0.451 bits per heavy atom. The molecule has 4 aromatic rings. The maximum Gasteiger partial charge on any atom is 0.338 e. The largest absolute Gasteiger partial charge is 0.463 e. The Morgan fingerprint density at radius 2 is 0.951 bits per heavy atom. The van der Waals surface area contributed by atoms with Gasteiger partial charge in [0.2, 0.25) is 0 Å². The van der Waals surface area contributed by atoms with Crippen molar-refractivity contribution in [3.8, 4) is 0 Å². The Hall–Kier alpha value is -6.99. The molecule has 0 aromatic heterocycles. The van der Waals surface area contributed by atoms with Gasteiger partial charge in [0.15, 0.2) is 55.2 Å². The number of rotatable bonds is 23. The molecule has 4 aromatic carbocycles. The lowest BCUT2D eigenvalue weighted by Crippen LogP contribution is -2.66. The van der Waals surface area contributed by atoms with Gasteiger partial charge in [-0.1, -0.05) is 97.1 Å². The van der Waals surface area contributed by atoms with E-state index in [0.717, 1.165) is 0 Å². The Labute approximate surface area is 474 Å². The summed E-state index contributed by atoms with van der Waals surface area (Å²) in [5, 5.41) is 0. The van der Waals surface area contributed by atoms with Crippen molar-refractivity contribution in [2.75, 3.05) is 13.2 Å². The van der Waals surface area contributed by atoms with Crippen LogP contribution in [0.2, 0.25) is 0 Å². The first-order chi connectivity index (χ1) is 39.3. The van der Waals surface area contributed by atoms with Gasteiger partial charge in [-0.05, 0) is 63.1 Å². The van der Waals surface area contributed by atoms with E-state index in [-0.39, 0.29) is 43.0 Å². The summed E-state index contributed by atoms with van der Waals surface area (Å²) in [6.45, 7) is 8.52. The molecule has 0 spiro atoms. The molecule has 0 radical (unpaired) electrons. The number of ether oxygens (including phenoxy) is 15. The Bertz CT molecular complexity index is 2780. The summed E-state index contributed by atoms with van der Waals surface area (Å²) in [6, 6.07) is 34.0. The quantitative estimate of drug-likeness (QED) is 0.0603. The van der Waals surface area contributed by atoms with Gasteiger partial charge in [-0.3, -0.25) is 19.2 Å². The second-order valence-electron chi connectivity index (χ2n) is 20.4. The van der Waals surface area contributed by atoms with Crippen LogP contribution in [0.5, 0.6) is 0 Å². The van der Waals surface area contributed by atoms with Crippen molar-refractivity contribution in [1.29, 1.82) is 0 Å². The molecule has 82 heavy (non-hydrogen) atoms. The van der Waals surface area contributed by atoms with Gasteiger partial charge >= 0.3 is 35.8 Å². The van der Waals surface area contributed by atoms with Crippen molar-refractivity contribution in [3.05, 3.63) is 144 Å². The maximum absolute atomic E-state index is 14.7. The van der Waals surface area contributed by atoms with Crippen molar-refractivity contribution in [2.24, 2.45) is 0 Å². The number of ketones is 1. The van der Waals surface area contributed by atoms with E-state index < -0.39 is 147 Å². The summed E-state index contributed by atoms with van der Waals surface area (Å²) in [4.78, 5) is 92.8. The van der Waals surface area contributed by atoms with Crippen molar-refractivity contribution >= 4 is 41.6 Å². The maximum atomic E-state index is 14.7. The number of carbonyl (C=O) groups is 7. The van der Waals surface area contributed by atoms with Gasteiger partial charge in [0.1, 0.15) is 49.0 Å². The molecule has 0 amide bonds. The monoisotopic (exact) mass is 1140 g/mol. The van der Waals surface area contributed by atoms with Crippen LogP contribution in [0.25, 0.3) is 0 Å². The first-order valence-corrected chi connectivity index (χ1v) is 26.9. The predicted octanol–water partition coefficient (Wildman–Crippen LogP) is 6.06. The van der Waals surface area contributed by atoms with Crippen LogP contribution in [0.15, 0.2) is 121 Å². The molecule has 15 atom stereocenters. The first-order valence-electron chi connectivity index (χ1n) is 26.9. The SMILES string of the molecule is CC(=O)CCC(=O)O[C@H]1[C@H](O[C@H]2[C@H](OC(=O)c3ccccc3)[C@@H](OC(=O)c3ccccc3)[C@H](OCc3ccccc3)O[C@@H]2CO[C@H]2O[C@@H](C)[C@@H](OC(C)=O)[C@@H](OC(C)=O)[C@@H]2OCc2ccccc2)O[C@H](COC(C)=O)[C@@H]2OC(C)(C)O[C@@H]21. The number of fused-ring (bicyclic) bond motifs is 1. The molecule has 0 unspecified atom stereocenters. The fourth-order valence-electron chi connectivity index (χ4n) is 9.82. The van der Waals surface area contributed by atoms with Gasteiger partial charge in [0.25, 0.3) is 0 Å². The standard InChI is InChI=1S/C60H68O22/c1-34(61)28-29-45(65)77-54-51-48(81-60(6,7)82-51)44(32-68-36(3)62)76-59(54)80-47-43(33-71-57-52(69-30-39-20-12-8-13-21-39)49(74-38(5)64)46(35(2)72-57)73-37(4)63)75-58(70-31-40-22-14-9-15-23-40)53(79-56(67)42-26-18-11-19-27-42)50(47)78-55(66)41-24-16-10-17-25-41/h8-27,35,43-44,46-54,57-59H,28-33H2,1-7H3/t35-,43+,44+,46+,47+,48-,49+,50-,51-,52-,53+,54+,57-,58+,59-/m0/s1. The van der Waals surface area contributed by atoms with E-state index in [9.17, 15) is 33.6 Å². The molecule has 22 heteroatoms. The van der Waals surface area contributed by atoms with Crippen molar-refractivity contribution in [2.45, 2.75) is 172 Å². The number of carbonyl (C=O) groups excluding carboxylic acids is 7. The van der Waals surface area contributed by atoms with E-state index in [1.807, 2.05) is 24.3 Å². The summed E-state index contributed by atoms with van der Waals surface area (Å²) in [7, 11) is 0. The molecular weight excluding hydrogens is 1070 g/mol. The molecule has 4 heterocycles. The van der Waals surface area contributed by atoms with E-state index in [1.54, 1.807) is 93.6 Å². The smallest absolute Gasteiger partial charge is 0.338 e. The average molecular weight is 1140 g/mol. The normalized spacial score (nSPS) is 29.2. The fourth-order valence-corrected chi connectivity index (χ4v) is 9.82. The first kappa shape index (κ1) is 61.1. The molecule has 4 fully saturated rings. The third-order valence-electron chi connectivity index (χ3n) is 13.5. The van der Waals surface area contributed by atoms with Crippen LogP contribution in [0, 0.1) is 0 Å². The lowest BCUT2D eigenvalue weighted by Gasteiger charge is -2.48. The van der Waals surface area contributed by atoms with Crippen LogP contribution in [-0.2, 0) is 108 Å². The number of benzene rings is 4. The zero-order valence-electron chi connectivity index (χ0n) is 46.4. The second kappa shape index (κ2) is 28.3. The van der Waals surface area contributed by atoms with Crippen LogP contribution in [0.1, 0.15) is 93.2 Å². The minimum absolute atomic E-state index is 0.0640. The second-order valence-corrected chi connectivity index (χ2v) is 20.4. The molecule has 8 rings (SSSR count). The molecule has 4 aliphatic heterocycles. The summed E-state index contributed by atoms with van der Waals surface area (Å²) in [6.07, 6.45) is -21.7. The highest BCUT2D eigenvalue weighted by Crippen LogP contribution is 2.42. The van der Waals surface area contributed by atoms with E-state index in [4.69, 9.17) is 71.1 Å². The lowest BCUT2D eigenvalue weighted by molar-refractivity contribution is -0.363. The molecule has 0 bridgehead atoms. The summed E-state index contributed by atoms with van der Waals surface area (Å²) in [5.41, 5.74) is 1.57. The molecule has 0 saturated carbocycles. The topological polar surface area (TPSA) is 258 Å². The van der Waals surface area contributed by atoms with E-state index in [2.05, 4.69) is 0 Å².